The first-order chi connectivity index (χ1) is 9.93. The van der Waals surface area contributed by atoms with Crippen LogP contribution in [0.4, 0.5) is 0 Å². The number of rotatable bonds is 8. The van der Waals surface area contributed by atoms with E-state index >= 15 is 0 Å². The molecule has 0 radical (unpaired) electrons. The van der Waals surface area contributed by atoms with Crippen molar-refractivity contribution in [2.24, 2.45) is 0 Å². The number of benzene rings is 1. The fourth-order valence-electron chi connectivity index (χ4n) is 1.72. The zero-order chi connectivity index (χ0) is 15.8. The molecule has 6 heteroatoms. The topological polar surface area (TPSA) is 78.9 Å². The molecular formula is C15H22N2O4. The van der Waals surface area contributed by atoms with Gasteiger partial charge >= 0.3 is 5.97 Å². The van der Waals surface area contributed by atoms with Crippen molar-refractivity contribution in [3.8, 4) is 5.75 Å². The molecule has 0 aliphatic heterocycles. The third-order valence-electron chi connectivity index (χ3n) is 3.11. The molecule has 0 heterocycles. The standard InChI is InChI=1S/C15H22N2O4/c1-4-21-13-7-5-6-12(8-13)9-16-14(18)10-17(3)11(2)15(19)20/h5-8,11H,4,9-10H2,1-3H3,(H,16,18)(H,19,20). The molecule has 116 valence electrons. The van der Waals surface area contributed by atoms with E-state index in [4.69, 9.17) is 9.84 Å². The number of carbonyl (C=O) groups is 2. The van der Waals surface area contributed by atoms with Crippen LogP contribution in [0, 0.1) is 0 Å². The van der Waals surface area contributed by atoms with E-state index in [2.05, 4.69) is 5.32 Å². The molecule has 1 aromatic rings. The maximum absolute atomic E-state index is 11.8. The third-order valence-corrected chi connectivity index (χ3v) is 3.11. The number of hydrogen-bond donors (Lipinski definition) is 2. The van der Waals surface area contributed by atoms with Crippen molar-refractivity contribution in [1.29, 1.82) is 0 Å². The zero-order valence-electron chi connectivity index (χ0n) is 12.6. The van der Waals surface area contributed by atoms with Gasteiger partial charge < -0.3 is 15.2 Å². The maximum Gasteiger partial charge on any atom is 0.320 e. The number of hydrogen-bond acceptors (Lipinski definition) is 4. The zero-order valence-corrected chi connectivity index (χ0v) is 12.6. The Morgan fingerprint density at radius 3 is 2.76 bits per heavy atom. The molecular weight excluding hydrogens is 272 g/mol. The molecule has 0 saturated carbocycles. The molecule has 0 bridgehead atoms. The summed E-state index contributed by atoms with van der Waals surface area (Å²) in [5.41, 5.74) is 0.934. The van der Waals surface area contributed by atoms with Gasteiger partial charge in [-0.1, -0.05) is 12.1 Å². The summed E-state index contributed by atoms with van der Waals surface area (Å²) in [4.78, 5) is 24.1. The third kappa shape index (κ3) is 5.83. The second kappa shape index (κ2) is 8.26. The Morgan fingerprint density at radius 2 is 2.14 bits per heavy atom. The van der Waals surface area contributed by atoms with Crippen LogP contribution in [0.2, 0.25) is 0 Å². The van der Waals surface area contributed by atoms with Crippen molar-refractivity contribution < 1.29 is 19.4 Å². The molecule has 1 rings (SSSR count). The fraction of sp³-hybridized carbons (Fsp3) is 0.467. The molecule has 0 saturated heterocycles. The van der Waals surface area contributed by atoms with E-state index in [1.165, 1.54) is 4.90 Å². The number of carbonyl (C=O) groups excluding carboxylic acids is 1. The van der Waals surface area contributed by atoms with Gasteiger partial charge in [0.05, 0.1) is 13.2 Å². The smallest absolute Gasteiger partial charge is 0.320 e. The van der Waals surface area contributed by atoms with Crippen molar-refractivity contribution in [1.82, 2.24) is 10.2 Å². The molecule has 2 N–H and O–H groups in total. The van der Waals surface area contributed by atoms with Gasteiger partial charge in [0.25, 0.3) is 0 Å². The number of nitrogens with zero attached hydrogens (tertiary/aromatic N) is 1. The molecule has 6 nitrogen and oxygen atoms in total. The highest BCUT2D eigenvalue weighted by Crippen LogP contribution is 2.12. The first-order valence-corrected chi connectivity index (χ1v) is 6.85. The van der Waals surface area contributed by atoms with E-state index in [9.17, 15) is 9.59 Å². The van der Waals surface area contributed by atoms with Crippen molar-refractivity contribution in [2.75, 3.05) is 20.2 Å². The summed E-state index contributed by atoms with van der Waals surface area (Å²) < 4.78 is 5.39. The SMILES string of the molecule is CCOc1cccc(CNC(=O)CN(C)C(C)C(=O)O)c1. The van der Waals surface area contributed by atoms with E-state index in [1.807, 2.05) is 31.2 Å². The monoisotopic (exact) mass is 294 g/mol. The minimum absolute atomic E-state index is 0.0403. The Kier molecular flexibility index (Phi) is 6.68. The number of aliphatic carboxylic acids is 1. The van der Waals surface area contributed by atoms with Crippen LogP contribution in [0.25, 0.3) is 0 Å². The van der Waals surface area contributed by atoms with Crippen molar-refractivity contribution in [2.45, 2.75) is 26.4 Å². The predicted molar refractivity (Wildman–Crippen MR) is 79.2 cm³/mol. The van der Waals surface area contributed by atoms with Crippen LogP contribution >= 0.6 is 0 Å². The summed E-state index contributed by atoms with van der Waals surface area (Å²) in [6.07, 6.45) is 0. The first-order valence-electron chi connectivity index (χ1n) is 6.85. The molecule has 0 spiro atoms. The van der Waals surface area contributed by atoms with Crippen LogP contribution < -0.4 is 10.1 Å². The summed E-state index contributed by atoms with van der Waals surface area (Å²) >= 11 is 0. The van der Waals surface area contributed by atoms with Gasteiger partial charge in [0.1, 0.15) is 11.8 Å². The number of carboxylic acids is 1. The van der Waals surface area contributed by atoms with Gasteiger partial charge in [-0.3, -0.25) is 14.5 Å². The summed E-state index contributed by atoms with van der Waals surface area (Å²) in [5, 5.41) is 11.6. The van der Waals surface area contributed by atoms with Crippen LogP contribution in [0.3, 0.4) is 0 Å². The Morgan fingerprint density at radius 1 is 1.43 bits per heavy atom. The van der Waals surface area contributed by atoms with Gasteiger partial charge in [-0.2, -0.15) is 0 Å². The van der Waals surface area contributed by atoms with Crippen molar-refractivity contribution in [3.05, 3.63) is 29.8 Å². The quantitative estimate of drug-likeness (QED) is 0.751. The minimum Gasteiger partial charge on any atom is -0.494 e. The van der Waals surface area contributed by atoms with Gasteiger partial charge in [-0.15, -0.1) is 0 Å². The van der Waals surface area contributed by atoms with Crippen LogP contribution in [0.5, 0.6) is 5.75 Å². The Balaban J connectivity index is 2.46. The second-order valence-corrected chi connectivity index (χ2v) is 4.79. The number of ether oxygens (including phenoxy) is 1. The largest absolute Gasteiger partial charge is 0.494 e. The highest BCUT2D eigenvalue weighted by Gasteiger charge is 2.18. The van der Waals surface area contributed by atoms with Gasteiger partial charge in [0.15, 0.2) is 0 Å². The predicted octanol–water partition coefficient (Wildman–Crippen LogP) is 1.11. The first kappa shape index (κ1) is 17.0. The number of carboxylic acid groups (broad SMARTS) is 1. The molecule has 0 aliphatic rings. The highest BCUT2D eigenvalue weighted by atomic mass is 16.5. The molecule has 1 amide bonds. The molecule has 0 aliphatic carbocycles. The Hall–Kier alpha value is -2.08. The molecule has 1 atom stereocenters. The Labute approximate surface area is 124 Å². The normalized spacial score (nSPS) is 12.0. The maximum atomic E-state index is 11.8. The lowest BCUT2D eigenvalue weighted by atomic mass is 10.2. The van der Waals surface area contributed by atoms with Crippen LogP contribution in [0.15, 0.2) is 24.3 Å². The highest BCUT2D eigenvalue weighted by molar-refractivity contribution is 5.79. The summed E-state index contributed by atoms with van der Waals surface area (Å²) in [5.74, 6) is -0.400. The average molecular weight is 294 g/mol. The minimum atomic E-state index is -0.949. The summed E-state index contributed by atoms with van der Waals surface area (Å²) in [6, 6.07) is 6.79. The lowest BCUT2D eigenvalue weighted by Gasteiger charge is -2.20. The fourth-order valence-corrected chi connectivity index (χ4v) is 1.72. The Bertz CT molecular complexity index is 490. The van der Waals surface area contributed by atoms with Gasteiger partial charge in [-0.25, -0.2) is 0 Å². The van der Waals surface area contributed by atoms with E-state index in [0.29, 0.717) is 13.2 Å². The molecule has 0 aromatic heterocycles. The van der Waals surface area contributed by atoms with Gasteiger partial charge in [-0.05, 0) is 38.6 Å². The second-order valence-electron chi connectivity index (χ2n) is 4.79. The van der Waals surface area contributed by atoms with E-state index in [-0.39, 0.29) is 12.5 Å². The van der Waals surface area contributed by atoms with Gasteiger partial charge in [0, 0.05) is 6.54 Å². The summed E-state index contributed by atoms with van der Waals surface area (Å²) in [7, 11) is 1.61. The number of nitrogens with one attached hydrogen (secondary N) is 1. The van der Waals surface area contributed by atoms with Gasteiger partial charge in [0.2, 0.25) is 5.91 Å². The lowest BCUT2D eigenvalue weighted by molar-refractivity contribution is -0.142. The van der Waals surface area contributed by atoms with E-state index in [1.54, 1.807) is 14.0 Å². The van der Waals surface area contributed by atoms with Crippen LogP contribution in [0.1, 0.15) is 19.4 Å². The number of amides is 1. The molecule has 21 heavy (non-hydrogen) atoms. The molecule has 1 aromatic carbocycles. The van der Waals surface area contributed by atoms with Crippen LogP contribution in [-0.4, -0.2) is 48.1 Å². The number of likely N-dealkylation sites (N-methyl/N-ethyl adjacent to an activating group) is 1. The summed E-state index contributed by atoms with van der Waals surface area (Å²) in [6.45, 7) is 4.47. The van der Waals surface area contributed by atoms with E-state index < -0.39 is 12.0 Å². The van der Waals surface area contributed by atoms with E-state index in [0.717, 1.165) is 11.3 Å². The average Bonchev–Trinajstić information content (AvgIpc) is 2.45. The van der Waals surface area contributed by atoms with Crippen LogP contribution in [-0.2, 0) is 16.1 Å². The van der Waals surface area contributed by atoms with Crippen molar-refractivity contribution in [3.63, 3.8) is 0 Å². The molecule has 0 fully saturated rings. The molecule has 1 unspecified atom stereocenters. The lowest BCUT2D eigenvalue weighted by Crippen LogP contribution is -2.42. The van der Waals surface area contributed by atoms with Crippen molar-refractivity contribution >= 4 is 11.9 Å².